The maximum atomic E-state index is 13.3. The van der Waals surface area contributed by atoms with Crippen LogP contribution in [0.25, 0.3) is 11.2 Å². The van der Waals surface area contributed by atoms with E-state index in [0.29, 0.717) is 17.8 Å². The molecule has 1 amide bonds. The Morgan fingerprint density at radius 1 is 0.970 bits per heavy atom. The number of Topliss-reactive ketones (excluding diaryl/α,β-unsaturated/α-hetero) is 1. The fourth-order valence-electron chi connectivity index (χ4n) is 3.76. The zero-order valence-corrected chi connectivity index (χ0v) is 18.3. The third-order valence-corrected chi connectivity index (χ3v) is 5.39. The van der Waals surface area contributed by atoms with Crippen LogP contribution in [0.5, 0.6) is 0 Å². The lowest BCUT2D eigenvalue weighted by Crippen LogP contribution is -2.43. The molecule has 168 valence electrons. The van der Waals surface area contributed by atoms with Crippen molar-refractivity contribution < 1.29 is 9.59 Å². The zero-order chi connectivity index (χ0) is 23.5. The maximum absolute atomic E-state index is 13.3. The van der Waals surface area contributed by atoms with Crippen LogP contribution in [0.2, 0.25) is 0 Å². The number of ketones is 1. The van der Waals surface area contributed by atoms with Crippen molar-refractivity contribution in [2.24, 2.45) is 0 Å². The van der Waals surface area contributed by atoms with Crippen LogP contribution in [-0.2, 0) is 24.4 Å². The number of para-hydroxylation sites is 1. The summed E-state index contributed by atoms with van der Waals surface area (Å²) in [5, 5.41) is 2.64. The van der Waals surface area contributed by atoms with E-state index >= 15 is 0 Å². The van der Waals surface area contributed by atoms with E-state index < -0.39 is 23.7 Å². The number of amides is 1. The molecule has 0 bridgehead atoms. The molecular weight excluding hydrogens is 422 g/mol. The Balaban J connectivity index is 1.77. The van der Waals surface area contributed by atoms with Crippen molar-refractivity contribution in [3.63, 3.8) is 0 Å². The van der Waals surface area contributed by atoms with Crippen molar-refractivity contribution in [3.8, 4) is 0 Å². The maximum Gasteiger partial charge on any atom is 0.333 e. The Morgan fingerprint density at radius 2 is 1.67 bits per heavy atom. The molecule has 1 N–H and O–H groups in total. The smallest absolute Gasteiger partial charge is 0.325 e. The summed E-state index contributed by atoms with van der Waals surface area (Å²) in [6, 6.07) is 15.9. The van der Waals surface area contributed by atoms with Gasteiger partial charge in [0, 0.05) is 12.1 Å². The topological polar surface area (TPSA) is 108 Å². The first-order chi connectivity index (χ1) is 15.9. The number of nitrogens with zero attached hydrogens (tertiary/aromatic N) is 4. The molecule has 0 aliphatic rings. The second kappa shape index (κ2) is 9.07. The highest BCUT2D eigenvalue weighted by atomic mass is 16.2. The minimum atomic E-state index is -0.632. The number of fused-ring (bicyclic) bond motifs is 1. The standard InChI is InChI=1S/C24H23N5O4/c1-3-27-15-25-22-21(27)23(32)29(24(33)28(22)13-17-9-5-4-6-10-17)14-20(31)26-19-12-8-7-11-18(19)16(2)30/h4-12,15H,3,13-14H2,1-2H3,(H,26,31). The van der Waals surface area contributed by atoms with E-state index in [0.717, 1.165) is 10.1 Å². The van der Waals surface area contributed by atoms with Gasteiger partial charge in [-0.3, -0.25) is 19.0 Å². The quantitative estimate of drug-likeness (QED) is 0.439. The highest BCUT2D eigenvalue weighted by Crippen LogP contribution is 2.15. The van der Waals surface area contributed by atoms with Crippen LogP contribution in [0.3, 0.4) is 0 Å². The van der Waals surface area contributed by atoms with Gasteiger partial charge in [-0.15, -0.1) is 0 Å². The molecule has 0 fully saturated rings. The van der Waals surface area contributed by atoms with Crippen LogP contribution in [-0.4, -0.2) is 30.4 Å². The van der Waals surface area contributed by atoms with Crippen LogP contribution in [0.15, 0.2) is 70.5 Å². The summed E-state index contributed by atoms with van der Waals surface area (Å²) in [4.78, 5) is 55.5. The van der Waals surface area contributed by atoms with Gasteiger partial charge in [0.25, 0.3) is 5.56 Å². The van der Waals surface area contributed by atoms with Crippen LogP contribution < -0.4 is 16.6 Å². The minimum absolute atomic E-state index is 0.200. The van der Waals surface area contributed by atoms with Crippen LogP contribution in [0.4, 0.5) is 5.69 Å². The lowest BCUT2D eigenvalue weighted by atomic mass is 10.1. The summed E-state index contributed by atoms with van der Waals surface area (Å²) in [6.45, 7) is 3.45. The van der Waals surface area contributed by atoms with Crippen LogP contribution in [0, 0.1) is 0 Å². The van der Waals surface area contributed by atoms with Crippen molar-refractivity contribution in [2.45, 2.75) is 33.5 Å². The van der Waals surface area contributed by atoms with Gasteiger partial charge in [0.05, 0.1) is 18.6 Å². The fraction of sp³-hybridized carbons (Fsp3) is 0.208. The first kappa shape index (κ1) is 21.9. The largest absolute Gasteiger partial charge is 0.333 e. The molecule has 0 radical (unpaired) electrons. The molecule has 9 heteroatoms. The number of rotatable bonds is 7. The van der Waals surface area contributed by atoms with Gasteiger partial charge < -0.3 is 9.88 Å². The van der Waals surface area contributed by atoms with Gasteiger partial charge in [0.2, 0.25) is 5.91 Å². The Morgan fingerprint density at radius 3 is 2.36 bits per heavy atom. The molecule has 0 saturated heterocycles. The number of carbonyl (C=O) groups excluding carboxylic acids is 2. The molecule has 0 spiro atoms. The van der Waals surface area contributed by atoms with Gasteiger partial charge >= 0.3 is 5.69 Å². The van der Waals surface area contributed by atoms with Crippen molar-refractivity contribution in [3.05, 3.63) is 92.9 Å². The van der Waals surface area contributed by atoms with Gasteiger partial charge in [-0.1, -0.05) is 42.5 Å². The Kier molecular flexibility index (Phi) is 6.03. The number of anilines is 1. The summed E-state index contributed by atoms with van der Waals surface area (Å²) in [7, 11) is 0. The Labute approximate surface area is 188 Å². The minimum Gasteiger partial charge on any atom is -0.325 e. The lowest BCUT2D eigenvalue weighted by Gasteiger charge is -2.13. The first-order valence-corrected chi connectivity index (χ1v) is 10.5. The number of aromatic nitrogens is 4. The van der Waals surface area contributed by atoms with Gasteiger partial charge in [-0.25, -0.2) is 14.3 Å². The summed E-state index contributed by atoms with van der Waals surface area (Å²) in [5.41, 5.74) is 0.837. The van der Waals surface area contributed by atoms with Crippen LogP contribution in [0.1, 0.15) is 29.8 Å². The molecule has 9 nitrogen and oxygen atoms in total. The van der Waals surface area contributed by atoms with Crippen molar-refractivity contribution >= 4 is 28.5 Å². The van der Waals surface area contributed by atoms with Crippen molar-refractivity contribution in [1.29, 1.82) is 0 Å². The summed E-state index contributed by atoms with van der Waals surface area (Å²) < 4.78 is 3.96. The molecule has 2 aromatic carbocycles. The number of imidazole rings is 1. The third-order valence-electron chi connectivity index (χ3n) is 5.39. The lowest BCUT2D eigenvalue weighted by molar-refractivity contribution is -0.116. The zero-order valence-electron chi connectivity index (χ0n) is 18.3. The van der Waals surface area contributed by atoms with E-state index in [-0.39, 0.29) is 23.5 Å². The van der Waals surface area contributed by atoms with Gasteiger partial charge in [0.1, 0.15) is 6.54 Å². The van der Waals surface area contributed by atoms with Crippen molar-refractivity contribution in [1.82, 2.24) is 18.7 Å². The van der Waals surface area contributed by atoms with Crippen molar-refractivity contribution in [2.75, 3.05) is 5.32 Å². The molecule has 0 aliphatic heterocycles. The molecule has 4 rings (SSSR count). The molecule has 0 atom stereocenters. The molecular formula is C24H23N5O4. The second-order valence-corrected chi connectivity index (χ2v) is 7.60. The number of benzene rings is 2. The van der Waals surface area contributed by atoms with Gasteiger partial charge in [-0.05, 0) is 31.5 Å². The van der Waals surface area contributed by atoms with E-state index in [9.17, 15) is 19.2 Å². The highest BCUT2D eigenvalue weighted by Gasteiger charge is 2.20. The number of carbonyl (C=O) groups is 2. The Hall–Kier alpha value is -4.27. The van der Waals surface area contributed by atoms with E-state index in [2.05, 4.69) is 10.3 Å². The molecule has 0 aliphatic carbocycles. The fourth-order valence-corrected chi connectivity index (χ4v) is 3.76. The number of nitrogens with one attached hydrogen (secondary N) is 1. The van der Waals surface area contributed by atoms with Crippen LogP contribution >= 0.6 is 0 Å². The summed E-state index contributed by atoms with van der Waals surface area (Å²) in [5.74, 6) is -0.794. The van der Waals surface area contributed by atoms with Gasteiger partial charge in [-0.2, -0.15) is 0 Å². The molecule has 33 heavy (non-hydrogen) atoms. The SMILES string of the molecule is CCn1cnc2c1c(=O)n(CC(=O)Nc1ccccc1C(C)=O)c(=O)n2Cc1ccccc1. The number of hydrogen-bond donors (Lipinski definition) is 1. The highest BCUT2D eigenvalue weighted by molar-refractivity contribution is 6.03. The van der Waals surface area contributed by atoms with Gasteiger partial charge in [0.15, 0.2) is 16.9 Å². The number of aryl methyl sites for hydroxylation is 1. The molecule has 2 heterocycles. The second-order valence-electron chi connectivity index (χ2n) is 7.60. The first-order valence-electron chi connectivity index (χ1n) is 10.5. The summed E-state index contributed by atoms with van der Waals surface area (Å²) >= 11 is 0. The molecule has 2 aromatic heterocycles. The average Bonchev–Trinajstić information content (AvgIpc) is 3.24. The Bertz CT molecular complexity index is 1460. The van der Waals surface area contributed by atoms with E-state index in [1.807, 2.05) is 37.3 Å². The monoisotopic (exact) mass is 445 g/mol. The van der Waals surface area contributed by atoms with E-state index in [1.54, 1.807) is 28.8 Å². The van der Waals surface area contributed by atoms with E-state index in [4.69, 9.17) is 0 Å². The predicted molar refractivity (Wildman–Crippen MR) is 125 cm³/mol. The third kappa shape index (κ3) is 4.25. The molecule has 0 unspecified atom stereocenters. The molecule has 4 aromatic rings. The van der Waals surface area contributed by atoms with E-state index in [1.165, 1.54) is 17.8 Å². The predicted octanol–water partition coefficient (Wildman–Crippen LogP) is 2.27. The average molecular weight is 445 g/mol. The molecule has 0 saturated carbocycles. The number of hydrogen-bond acceptors (Lipinski definition) is 5. The normalized spacial score (nSPS) is 11.0. The summed E-state index contributed by atoms with van der Waals surface area (Å²) in [6.07, 6.45) is 1.51.